The number of hydrogen-bond donors (Lipinski definition) is 0. The van der Waals surface area contributed by atoms with Crippen LogP contribution in [0, 0.1) is 5.92 Å². The van der Waals surface area contributed by atoms with E-state index < -0.39 is 0 Å². The Labute approximate surface area is 368 Å². The molecule has 0 saturated carbocycles. The van der Waals surface area contributed by atoms with Gasteiger partial charge in [-0.1, -0.05) is 165 Å². The van der Waals surface area contributed by atoms with E-state index in [4.69, 9.17) is 19.9 Å². The van der Waals surface area contributed by atoms with Gasteiger partial charge in [0, 0.05) is 39.1 Å². The highest BCUT2D eigenvalue weighted by Gasteiger charge is 2.23. The maximum absolute atomic E-state index is 5.52. The molecule has 0 bridgehead atoms. The topological polar surface area (TPSA) is 51.6 Å². The van der Waals surface area contributed by atoms with Crippen molar-refractivity contribution in [1.29, 1.82) is 0 Å². The molecular weight excluding hydrogens is 765 g/mol. The van der Waals surface area contributed by atoms with E-state index in [1.165, 1.54) is 5.57 Å². The molecule has 11 rings (SSSR count). The Morgan fingerprint density at radius 1 is 0.429 bits per heavy atom. The van der Waals surface area contributed by atoms with E-state index in [9.17, 15) is 0 Å². The summed E-state index contributed by atoms with van der Waals surface area (Å²) in [6.45, 7) is 2.28. The van der Waals surface area contributed by atoms with Crippen LogP contribution in [0.3, 0.4) is 0 Å². The van der Waals surface area contributed by atoms with Crippen molar-refractivity contribution in [2.75, 3.05) is 0 Å². The minimum Gasteiger partial charge on any atom is -0.252 e. The molecule has 4 aromatic heterocycles. The van der Waals surface area contributed by atoms with Crippen molar-refractivity contribution in [2.45, 2.75) is 25.7 Å². The quantitative estimate of drug-likeness (QED) is 0.153. The zero-order chi connectivity index (χ0) is 42.1. The first-order chi connectivity index (χ1) is 31.1. The second-order valence-electron chi connectivity index (χ2n) is 16.6. The van der Waals surface area contributed by atoms with E-state index >= 15 is 0 Å². The van der Waals surface area contributed by atoms with E-state index in [2.05, 4.69) is 213 Å². The van der Waals surface area contributed by atoms with E-state index in [1.54, 1.807) is 0 Å². The van der Waals surface area contributed by atoms with Crippen LogP contribution in [0.5, 0.6) is 0 Å². The Hall–Kier alpha value is -7.82. The average molecular weight is 809 g/mol. The number of para-hydroxylation sites is 2. The normalized spacial score (nSPS) is 16.0. The van der Waals surface area contributed by atoms with Crippen molar-refractivity contribution >= 4 is 33.0 Å². The molecule has 4 heterocycles. The lowest BCUT2D eigenvalue weighted by molar-refractivity contribution is 0.619. The number of hydrogen-bond acceptors (Lipinski definition) is 4. The highest BCUT2D eigenvalue weighted by Crippen LogP contribution is 2.41. The molecular formula is C59H44N4. The Balaban J connectivity index is 1.07. The standard InChI is InChI=1S/C59H44N4/c1-39-18-11-12-27-47(39)59-36-46(51-38-58(42-23-9-4-10-24-42)61-53-31-16-14-29-49(51)53)35-56(63-59)44-26-17-25-43(32-44)55-34-45(33-54(62-55)40-19-5-2-6-20-40)50-37-57(41-21-7-3-8-22-41)60-52-30-15-13-28-48(50)52/h2-16,18-25,27-39,47H,17,26H2,1H3. The van der Waals surface area contributed by atoms with Gasteiger partial charge >= 0.3 is 0 Å². The smallest absolute Gasteiger partial charge is 0.0715 e. The first-order valence-electron chi connectivity index (χ1n) is 21.9. The van der Waals surface area contributed by atoms with Gasteiger partial charge in [0.2, 0.25) is 0 Å². The average Bonchev–Trinajstić information content (AvgIpc) is 3.36. The Morgan fingerprint density at radius 2 is 0.921 bits per heavy atom. The van der Waals surface area contributed by atoms with Gasteiger partial charge in [-0.3, -0.25) is 4.98 Å². The summed E-state index contributed by atoms with van der Waals surface area (Å²) in [5.41, 5.74) is 17.9. The van der Waals surface area contributed by atoms with Crippen LogP contribution in [-0.2, 0) is 0 Å². The fourth-order valence-electron chi connectivity index (χ4n) is 9.14. The van der Waals surface area contributed by atoms with Gasteiger partial charge in [-0.2, -0.15) is 0 Å². The molecule has 0 aliphatic heterocycles. The van der Waals surface area contributed by atoms with Gasteiger partial charge in [0.25, 0.3) is 0 Å². The third-order valence-electron chi connectivity index (χ3n) is 12.4. The molecule has 4 heteroatoms. The Bertz CT molecular complexity index is 3290. The molecule has 63 heavy (non-hydrogen) atoms. The molecule has 0 spiro atoms. The second kappa shape index (κ2) is 16.6. The predicted molar refractivity (Wildman–Crippen MR) is 262 cm³/mol. The molecule has 4 nitrogen and oxygen atoms in total. The van der Waals surface area contributed by atoms with Crippen LogP contribution < -0.4 is 0 Å². The molecule has 9 aromatic rings. The van der Waals surface area contributed by atoms with Crippen molar-refractivity contribution in [3.05, 3.63) is 229 Å². The van der Waals surface area contributed by atoms with Gasteiger partial charge in [-0.15, -0.1) is 0 Å². The first-order valence-corrected chi connectivity index (χ1v) is 21.9. The molecule has 2 aliphatic carbocycles. The van der Waals surface area contributed by atoms with E-state index in [1.807, 2.05) is 6.07 Å². The van der Waals surface area contributed by atoms with E-state index in [0.717, 1.165) is 113 Å². The van der Waals surface area contributed by atoms with Crippen molar-refractivity contribution in [1.82, 2.24) is 19.9 Å². The third-order valence-corrected chi connectivity index (χ3v) is 12.4. The van der Waals surface area contributed by atoms with Crippen LogP contribution in [0.4, 0.5) is 0 Å². The largest absolute Gasteiger partial charge is 0.252 e. The molecule has 2 aliphatic rings. The van der Waals surface area contributed by atoms with Gasteiger partial charge in [0.1, 0.15) is 0 Å². The van der Waals surface area contributed by atoms with Gasteiger partial charge in [0.05, 0.1) is 39.5 Å². The summed E-state index contributed by atoms with van der Waals surface area (Å²) in [6, 6.07) is 62.0. The summed E-state index contributed by atoms with van der Waals surface area (Å²) in [7, 11) is 0. The summed E-state index contributed by atoms with van der Waals surface area (Å²) < 4.78 is 0. The predicted octanol–water partition coefficient (Wildman–Crippen LogP) is 15.0. The minimum absolute atomic E-state index is 0.150. The first kappa shape index (κ1) is 38.1. The van der Waals surface area contributed by atoms with Crippen LogP contribution in [0.1, 0.15) is 42.8 Å². The lowest BCUT2D eigenvalue weighted by Crippen LogP contribution is -2.11. The van der Waals surface area contributed by atoms with Crippen molar-refractivity contribution in [3.63, 3.8) is 0 Å². The summed E-state index contributed by atoms with van der Waals surface area (Å²) >= 11 is 0. The molecule has 300 valence electrons. The molecule has 2 unspecified atom stereocenters. The van der Waals surface area contributed by atoms with Crippen LogP contribution in [0.25, 0.3) is 89.0 Å². The lowest BCUT2D eigenvalue weighted by atomic mass is 9.85. The fourth-order valence-corrected chi connectivity index (χ4v) is 9.14. The highest BCUT2D eigenvalue weighted by molar-refractivity contribution is 5.99. The molecule has 2 atom stereocenters. The van der Waals surface area contributed by atoms with Crippen LogP contribution in [-0.4, -0.2) is 19.9 Å². The number of rotatable bonds is 8. The van der Waals surface area contributed by atoms with Crippen LogP contribution in [0.15, 0.2) is 212 Å². The summed E-state index contributed by atoms with van der Waals surface area (Å²) in [5.74, 6) is 0.461. The molecule has 0 N–H and O–H groups in total. The molecule has 0 radical (unpaired) electrons. The molecule has 0 fully saturated rings. The maximum Gasteiger partial charge on any atom is 0.0715 e. The van der Waals surface area contributed by atoms with Gasteiger partial charge in [-0.25, -0.2) is 15.0 Å². The lowest BCUT2D eigenvalue weighted by Gasteiger charge is -2.23. The summed E-state index contributed by atoms with van der Waals surface area (Å²) in [6.07, 6.45) is 15.3. The number of aromatic nitrogens is 4. The third kappa shape index (κ3) is 7.62. The maximum atomic E-state index is 5.52. The number of nitrogens with zero attached hydrogens (tertiary/aromatic N) is 4. The Kier molecular flexibility index (Phi) is 10.0. The van der Waals surface area contributed by atoms with Gasteiger partial charge < -0.3 is 0 Å². The van der Waals surface area contributed by atoms with Crippen LogP contribution in [0.2, 0.25) is 0 Å². The van der Waals surface area contributed by atoms with E-state index in [0.29, 0.717) is 5.92 Å². The second-order valence-corrected chi connectivity index (χ2v) is 16.6. The van der Waals surface area contributed by atoms with Crippen LogP contribution >= 0.6 is 0 Å². The van der Waals surface area contributed by atoms with Gasteiger partial charge in [-0.05, 0) is 107 Å². The summed E-state index contributed by atoms with van der Waals surface area (Å²) in [5, 5.41) is 2.23. The fraction of sp³-hybridized carbons (Fsp3) is 0.0847. The van der Waals surface area contributed by atoms with E-state index in [-0.39, 0.29) is 5.92 Å². The molecule has 5 aromatic carbocycles. The zero-order valence-electron chi connectivity index (χ0n) is 35.1. The zero-order valence-corrected chi connectivity index (χ0v) is 35.1. The number of allylic oxidation sites excluding steroid dienone is 8. The van der Waals surface area contributed by atoms with Crippen molar-refractivity contribution in [3.8, 4) is 56.0 Å². The van der Waals surface area contributed by atoms with Crippen molar-refractivity contribution in [2.24, 2.45) is 5.92 Å². The van der Waals surface area contributed by atoms with Crippen molar-refractivity contribution < 1.29 is 0 Å². The van der Waals surface area contributed by atoms with Gasteiger partial charge in [0.15, 0.2) is 0 Å². The summed E-state index contributed by atoms with van der Waals surface area (Å²) in [4.78, 5) is 21.2. The molecule has 0 saturated heterocycles. The number of pyridine rings is 4. The Morgan fingerprint density at radius 3 is 1.51 bits per heavy atom. The number of fused-ring (bicyclic) bond motifs is 2. The SMILES string of the molecule is CC1C=CC=CC1c1cc(-c2cc(-c3ccccc3)nc3ccccc23)cc(C2=CC(c3cc(-c4cc(-c5ccccc5)nc5ccccc45)cc(-c4ccccc4)n3)=CCC2)n1. The monoisotopic (exact) mass is 808 g/mol. The highest BCUT2D eigenvalue weighted by atomic mass is 14.7. The molecule has 0 amide bonds. The minimum atomic E-state index is 0.150. The number of benzene rings is 5.